The van der Waals surface area contributed by atoms with Gasteiger partial charge >= 0.3 is 6.11 Å². The molecular weight excluding hydrogens is 357 g/mol. The van der Waals surface area contributed by atoms with Crippen molar-refractivity contribution in [2.24, 2.45) is 0 Å². The first-order valence-electron chi connectivity index (χ1n) is 6.05. The van der Waals surface area contributed by atoms with Gasteiger partial charge in [0.15, 0.2) is 5.78 Å². The average molecular weight is 366 g/mol. The third kappa shape index (κ3) is 4.09. The van der Waals surface area contributed by atoms with Crippen molar-refractivity contribution < 1.29 is 18.3 Å². The standard InChI is InChI=1S/C15H9Cl3F2O2/c16-11-5-1-9(2-6-11)13(21)10-3-7-12(8-4-10)22-15(19,20)14(17)18/h1-8,14H. The lowest BCUT2D eigenvalue weighted by Crippen LogP contribution is -2.32. The Labute approximate surface area is 140 Å². The second-order valence-corrected chi connectivity index (χ2v) is 5.86. The number of halogens is 5. The van der Waals surface area contributed by atoms with Crippen LogP contribution >= 0.6 is 34.8 Å². The summed E-state index contributed by atoms with van der Waals surface area (Å²) in [4.78, 5) is 10.2. The molecule has 2 rings (SSSR count). The van der Waals surface area contributed by atoms with E-state index in [0.29, 0.717) is 16.1 Å². The van der Waals surface area contributed by atoms with Gasteiger partial charge < -0.3 is 4.74 Å². The molecule has 2 aromatic rings. The van der Waals surface area contributed by atoms with E-state index in [2.05, 4.69) is 4.74 Å². The molecule has 0 fully saturated rings. The highest BCUT2D eigenvalue weighted by Gasteiger charge is 2.40. The van der Waals surface area contributed by atoms with E-state index in [4.69, 9.17) is 34.8 Å². The van der Waals surface area contributed by atoms with E-state index in [1.54, 1.807) is 24.3 Å². The van der Waals surface area contributed by atoms with Gasteiger partial charge in [0.1, 0.15) is 5.75 Å². The molecule has 0 aliphatic rings. The number of carbonyl (C=O) groups is 1. The lowest BCUT2D eigenvalue weighted by molar-refractivity contribution is -0.163. The Morgan fingerprint density at radius 2 is 1.41 bits per heavy atom. The van der Waals surface area contributed by atoms with Crippen molar-refractivity contribution in [2.75, 3.05) is 0 Å². The molecule has 0 heterocycles. The molecule has 0 atom stereocenters. The smallest absolute Gasteiger partial charge is 0.428 e. The van der Waals surface area contributed by atoms with E-state index in [9.17, 15) is 13.6 Å². The van der Waals surface area contributed by atoms with Crippen LogP contribution in [0.1, 0.15) is 15.9 Å². The molecular formula is C15H9Cl3F2O2. The molecule has 0 aliphatic carbocycles. The van der Waals surface area contributed by atoms with Crippen LogP contribution in [0.2, 0.25) is 5.02 Å². The lowest BCUT2D eigenvalue weighted by Gasteiger charge is -2.18. The van der Waals surface area contributed by atoms with E-state index in [0.717, 1.165) is 0 Å². The second kappa shape index (κ2) is 6.82. The Hall–Kier alpha value is -1.36. The van der Waals surface area contributed by atoms with Crippen LogP contribution in [-0.2, 0) is 0 Å². The molecule has 0 saturated carbocycles. The average Bonchev–Trinajstić information content (AvgIpc) is 2.47. The number of ether oxygens (including phenoxy) is 1. The van der Waals surface area contributed by atoms with Crippen LogP contribution in [-0.4, -0.2) is 16.7 Å². The van der Waals surface area contributed by atoms with Crippen molar-refractivity contribution in [2.45, 2.75) is 10.9 Å². The fourth-order valence-corrected chi connectivity index (χ4v) is 1.86. The van der Waals surface area contributed by atoms with Crippen molar-refractivity contribution in [1.29, 1.82) is 0 Å². The molecule has 7 heteroatoms. The topological polar surface area (TPSA) is 26.3 Å². The van der Waals surface area contributed by atoms with Gasteiger partial charge in [-0.25, -0.2) is 0 Å². The molecule has 0 N–H and O–H groups in total. The van der Waals surface area contributed by atoms with Gasteiger partial charge in [-0.3, -0.25) is 4.79 Å². The van der Waals surface area contributed by atoms with E-state index in [-0.39, 0.29) is 11.5 Å². The maximum absolute atomic E-state index is 13.2. The van der Waals surface area contributed by atoms with Crippen LogP contribution in [0.3, 0.4) is 0 Å². The summed E-state index contributed by atoms with van der Waals surface area (Å²) >= 11 is 16.0. The van der Waals surface area contributed by atoms with Gasteiger partial charge in [0.05, 0.1) is 0 Å². The van der Waals surface area contributed by atoms with Gasteiger partial charge in [0.25, 0.3) is 0 Å². The molecule has 0 aliphatic heterocycles. The summed E-state index contributed by atoms with van der Waals surface area (Å²) in [6, 6.07) is 11.6. The Kier molecular flexibility index (Phi) is 5.27. The monoisotopic (exact) mass is 364 g/mol. The third-order valence-corrected chi connectivity index (χ3v) is 3.49. The lowest BCUT2D eigenvalue weighted by atomic mass is 10.0. The highest BCUT2D eigenvalue weighted by atomic mass is 35.5. The van der Waals surface area contributed by atoms with Gasteiger partial charge in [-0.1, -0.05) is 34.8 Å². The molecule has 0 saturated heterocycles. The summed E-state index contributed by atoms with van der Waals surface area (Å²) in [5, 5.41) is 0.513. The summed E-state index contributed by atoms with van der Waals surface area (Å²) in [6.07, 6.45) is -3.72. The zero-order valence-electron chi connectivity index (χ0n) is 10.9. The number of ketones is 1. The predicted octanol–water partition coefficient (Wildman–Crippen LogP) is 5.35. The highest BCUT2D eigenvalue weighted by molar-refractivity contribution is 6.44. The first-order valence-corrected chi connectivity index (χ1v) is 7.30. The largest absolute Gasteiger partial charge is 0.431 e. The SMILES string of the molecule is O=C(c1ccc(Cl)cc1)c1ccc(OC(F)(F)C(Cl)Cl)cc1. The normalized spacial score (nSPS) is 11.5. The maximum Gasteiger partial charge on any atom is 0.428 e. The summed E-state index contributed by atoms with van der Waals surface area (Å²) in [7, 11) is 0. The summed E-state index contributed by atoms with van der Waals surface area (Å²) < 4.78 is 30.9. The zero-order chi connectivity index (χ0) is 16.3. The minimum absolute atomic E-state index is 0.149. The molecule has 22 heavy (non-hydrogen) atoms. The number of rotatable bonds is 5. The fraction of sp³-hybridized carbons (Fsp3) is 0.133. The second-order valence-electron chi connectivity index (χ2n) is 4.32. The van der Waals surface area contributed by atoms with Crippen molar-refractivity contribution >= 4 is 40.6 Å². The Morgan fingerprint density at radius 1 is 0.955 bits per heavy atom. The van der Waals surface area contributed by atoms with E-state index >= 15 is 0 Å². The van der Waals surface area contributed by atoms with Crippen molar-refractivity contribution in [3.63, 3.8) is 0 Å². The molecule has 0 bridgehead atoms. The molecule has 2 aromatic carbocycles. The quantitative estimate of drug-likeness (QED) is 0.527. The number of benzene rings is 2. The molecule has 0 amide bonds. The molecule has 0 radical (unpaired) electrons. The van der Waals surface area contributed by atoms with Crippen LogP contribution in [0.5, 0.6) is 5.75 Å². The summed E-state index contributed by atoms with van der Waals surface area (Å²) in [5.41, 5.74) is 0.760. The predicted molar refractivity (Wildman–Crippen MR) is 82.4 cm³/mol. The van der Waals surface area contributed by atoms with Gasteiger partial charge in [0.2, 0.25) is 4.84 Å². The number of hydrogen-bond acceptors (Lipinski definition) is 2. The number of hydrogen-bond donors (Lipinski definition) is 0. The Morgan fingerprint density at radius 3 is 1.86 bits per heavy atom. The van der Waals surface area contributed by atoms with E-state index in [1.807, 2.05) is 0 Å². The highest BCUT2D eigenvalue weighted by Crippen LogP contribution is 2.30. The van der Waals surface area contributed by atoms with Crippen LogP contribution in [0.4, 0.5) is 8.78 Å². The fourth-order valence-electron chi connectivity index (χ4n) is 1.64. The zero-order valence-corrected chi connectivity index (χ0v) is 13.2. The maximum atomic E-state index is 13.2. The minimum Gasteiger partial charge on any atom is -0.431 e. The van der Waals surface area contributed by atoms with Gasteiger partial charge in [-0.05, 0) is 48.5 Å². The summed E-state index contributed by atoms with van der Waals surface area (Å²) in [5.74, 6) is -0.411. The van der Waals surface area contributed by atoms with E-state index < -0.39 is 10.9 Å². The van der Waals surface area contributed by atoms with Crippen LogP contribution < -0.4 is 4.74 Å². The van der Waals surface area contributed by atoms with E-state index in [1.165, 1.54) is 24.3 Å². The van der Waals surface area contributed by atoms with Gasteiger partial charge in [0, 0.05) is 16.1 Å². The molecule has 0 unspecified atom stereocenters. The number of alkyl halides is 4. The number of carbonyl (C=O) groups excluding carboxylic acids is 1. The molecule has 116 valence electrons. The van der Waals surface area contributed by atoms with Gasteiger partial charge in [-0.15, -0.1) is 0 Å². The molecule has 0 aromatic heterocycles. The van der Waals surface area contributed by atoms with Crippen molar-refractivity contribution in [1.82, 2.24) is 0 Å². The van der Waals surface area contributed by atoms with Crippen molar-refractivity contribution in [3.05, 3.63) is 64.7 Å². The van der Waals surface area contributed by atoms with Crippen molar-refractivity contribution in [3.8, 4) is 5.75 Å². The van der Waals surface area contributed by atoms with Crippen LogP contribution in [0.15, 0.2) is 48.5 Å². The van der Waals surface area contributed by atoms with Crippen LogP contribution in [0, 0.1) is 0 Å². The minimum atomic E-state index is -3.72. The summed E-state index contributed by atoms with van der Waals surface area (Å²) in [6.45, 7) is 0. The molecule has 0 spiro atoms. The Bertz CT molecular complexity index is 655. The first-order chi connectivity index (χ1) is 10.3. The van der Waals surface area contributed by atoms with Gasteiger partial charge in [-0.2, -0.15) is 8.78 Å². The first kappa shape index (κ1) is 17.0. The van der Waals surface area contributed by atoms with Crippen LogP contribution in [0.25, 0.3) is 0 Å². The third-order valence-electron chi connectivity index (χ3n) is 2.73. The Balaban J connectivity index is 2.15. The molecule has 2 nitrogen and oxygen atoms in total.